The second-order valence-corrected chi connectivity index (χ2v) is 5.38. The molecule has 0 fully saturated rings. The first-order chi connectivity index (χ1) is 9.61. The van der Waals surface area contributed by atoms with Crippen LogP contribution in [0.1, 0.15) is 15.2 Å². The van der Waals surface area contributed by atoms with Crippen molar-refractivity contribution in [3.63, 3.8) is 0 Å². The highest BCUT2D eigenvalue weighted by Gasteiger charge is 2.30. The lowest BCUT2D eigenvalue weighted by molar-refractivity contribution is 0.0935. The summed E-state index contributed by atoms with van der Waals surface area (Å²) < 4.78 is 19.3. The van der Waals surface area contributed by atoms with Crippen molar-refractivity contribution in [2.45, 2.75) is 6.92 Å². The Balaban J connectivity index is 2.03. The van der Waals surface area contributed by atoms with E-state index in [0.29, 0.717) is 17.3 Å². The number of rotatable bonds is 2. The monoisotopic (exact) mass is 293 g/mol. The van der Waals surface area contributed by atoms with Gasteiger partial charge in [0.05, 0.1) is 16.8 Å². The Morgan fingerprint density at radius 1 is 1.50 bits per heavy atom. The minimum Gasteiger partial charge on any atom is -0.472 e. The molecule has 2 aromatic rings. The maximum atomic E-state index is 13.8. The summed E-state index contributed by atoms with van der Waals surface area (Å²) in [6.45, 7) is 1.95. The first-order valence-corrected chi connectivity index (χ1v) is 6.86. The molecule has 1 N–H and O–H groups in total. The molecule has 7 heteroatoms. The van der Waals surface area contributed by atoms with Crippen LogP contribution in [0, 0.1) is 12.7 Å². The summed E-state index contributed by atoms with van der Waals surface area (Å²) in [5, 5.41) is 2.72. The number of aromatic nitrogens is 1. The molecular formula is C13H12FN3O2S. The van der Waals surface area contributed by atoms with E-state index in [4.69, 9.17) is 4.74 Å². The third-order valence-electron chi connectivity index (χ3n) is 3.14. The summed E-state index contributed by atoms with van der Waals surface area (Å²) >= 11 is 1.45. The van der Waals surface area contributed by atoms with Crippen molar-refractivity contribution in [2.75, 3.05) is 24.0 Å². The quantitative estimate of drug-likeness (QED) is 0.925. The van der Waals surface area contributed by atoms with Gasteiger partial charge in [-0.25, -0.2) is 9.37 Å². The molecule has 3 rings (SSSR count). The first-order valence-electron chi connectivity index (χ1n) is 5.98. The molecule has 104 valence electrons. The van der Waals surface area contributed by atoms with Gasteiger partial charge in [-0.2, -0.15) is 0 Å². The number of thiazole rings is 1. The van der Waals surface area contributed by atoms with Crippen LogP contribution in [0.3, 0.4) is 0 Å². The fourth-order valence-electron chi connectivity index (χ4n) is 2.09. The van der Waals surface area contributed by atoms with Crippen LogP contribution >= 0.6 is 11.3 Å². The number of halogens is 1. The van der Waals surface area contributed by atoms with E-state index in [-0.39, 0.29) is 18.2 Å². The van der Waals surface area contributed by atoms with Crippen LogP contribution in [0.15, 0.2) is 17.6 Å². The topological polar surface area (TPSA) is 54.5 Å². The van der Waals surface area contributed by atoms with E-state index in [2.05, 4.69) is 10.3 Å². The van der Waals surface area contributed by atoms with Crippen molar-refractivity contribution in [1.29, 1.82) is 0 Å². The maximum Gasteiger partial charge on any atom is 0.266 e. The zero-order chi connectivity index (χ0) is 14.3. The summed E-state index contributed by atoms with van der Waals surface area (Å²) in [7, 11) is 1.61. The van der Waals surface area contributed by atoms with E-state index in [1.54, 1.807) is 12.6 Å². The number of carbonyl (C=O) groups excluding carboxylic acids is 1. The van der Waals surface area contributed by atoms with Gasteiger partial charge in [-0.1, -0.05) is 0 Å². The number of fused-ring (bicyclic) bond motifs is 1. The number of benzene rings is 1. The van der Waals surface area contributed by atoms with Crippen LogP contribution < -0.4 is 15.0 Å². The van der Waals surface area contributed by atoms with Gasteiger partial charge in [-0.3, -0.25) is 9.69 Å². The van der Waals surface area contributed by atoms with Gasteiger partial charge >= 0.3 is 0 Å². The van der Waals surface area contributed by atoms with Crippen LogP contribution in [0.2, 0.25) is 0 Å². The number of aryl methyl sites for hydroxylation is 1. The number of amides is 1. The number of carbonyl (C=O) groups is 1. The molecule has 1 aromatic heterocycles. The molecule has 1 aliphatic rings. The van der Waals surface area contributed by atoms with Crippen LogP contribution in [-0.2, 0) is 0 Å². The van der Waals surface area contributed by atoms with Crippen molar-refractivity contribution in [3.8, 4) is 5.75 Å². The third kappa shape index (κ3) is 1.90. The molecule has 20 heavy (non-hydrogen) atoms. The fourth-order valence-corrected chi connectivity index (χ4v) is 2.66. The second kappa shape index (κ2) is 4.75. The van der Waals surface area contributed by atoms with Gasteiger partial charge in [-0.15, -0.1) is 11.3 Å². The van der Waals surface area contributed by atoms with Gasteiger partial charge in [0.15, 0.2) is 12.5 Å². The fraction of sp³-hybridized carbons (Fsp3) is 0.231. The Morgan fingerprint density at radius 3 is 2.95 bits per heavy atom. The van der Waals surface area contributed by atoms with Crippen molar-refractivity contribution < 1.29 is 13.9 Å². The molecule has 0 unspecified atom stereocenters. The normalized spacial score (nSPS) is 13.9. The highest BCUT2D eigenvalue weighted by atomic mass is 32.1. The number of hydrogen-bond donors (Lipinski definition) is 1. The van der Waals surface area contributed by atoms with E-state index in [1.165, 1.54) is 28.4 Å². The van der Waals surface area contributed by atoms with E-state index < -0.39 is 5.82 Å². The Labute approximate surface area is 119 Å². The Bertz CT molecular complexity index is 686. The minimum atomic E-state index is -0.486. The van der Waals surface area contributed by atoms with E-state index >= 15 is 0 Å². The molecule has 0 bridgehead atoms. The molecule has 0 saturated carbocycles. The number of nitrogens with zero attached hydrogens (tertiary/aromatic N) is 2. The van der Waals surface area contributed by atoms with E-state index in [0.717, 1.165) is 4.88 Å². The first kappa shape index (κ1) is 12.9. The van der Waals surface area contributed by atoms with Gasteiger partial charge in [0.1, 0.15) is 11.6 Å². The van der Waals surface area contributed by atoms with Crippen molar-refractivity contribution in [2.24, 2.45) is 0 Å². The maximum absolute atomic E-state index is 13.8. The van der Waals surface area contributed by atoms with Crippen molar-refractivity contribution in [1.82, 2.24) is 4.98 Å². The standard InChI is InChI=1S/C13H12FN3O2S/c1-7-12(16-5-20-7)17-6-19-11-4-10(15-2)9(14)3-8(11)13(17)18/h3-5,15H,6H2,1-2H3. The summed E-state index contributed by atoms with van der Waals surface area (Å²) in [5.41, 5.74) is 2.17. The second-order valence-electron chi connectivity index (χ2n) is 4.32. The molecule has 0 aliphatic carbocycles. The Kier molecular flexibility index (Phi) is 3.06. The van der Waals surface area contributed by atoms with Crippen LogP contribution in [0.5, 0.6) is 5.75 Å². The predicted molar refractivity (Wildman–Crippen MR) is 75.1 cm³/mol. The molecule has 1 aliphatic heterocycles. The average molecular weight is 293 g/mol. The Hall–Kier alpha value is -2.15. The van der Waals surface area contributed by atoms with E-state index in [1.807, 2.05) is 6.92 Å². The van der Waals surface area contributed by atoms with Gasteiger partial charge in [0, 0.05) is 18.0 Å². The summed E-state index contributed by atoms with van der Waals surface area (Å²) in [4.78, 5) is 18.9. The van der Waals surface area contributed by atoms with Crippen LogP contribution in [0.25, 0.3) is 0 Å². The zero-order valence-corrected chi connectivity index (χ0v) is 11.8. The van der Waals surface area contributed by atoms with Gasteiger partial charge in [0.25, 0.3) is 5.91 Å². The van der Waals surface area contributed by atoms with Crippen molar-refractivity contribution >= 4 is 28.7 Å². The molecule has 1 amide bonds. The molecule has 0 spiro atoms. The smallest absolute Gasteiger partial charge is 0.266 e. The number of ether oxygens (including phenoxy) is 1. The lowest BCUT2D eigenvalue weighted by atomic mass is 10.1. The SMILES string of the molecule is CNc1cc2c(cc1F)C(=O)N(c1ncsc1C)CO2. The van der Waals surface area contributed by atoms with Crippen molar-refractivity contribution in [3.05, 3.63) is 33.9 Å². The molecule has 2 heterocycles. The average Bonchev–Trinajstić information content (AvgIpc) is 2.85. The van der Waals surface area contributed by atoms with Crippen LogP contribution in [-0.4, -0.2) is 24.7 Å². The Morgan fingerprint density at radius 2 is 2.30 bits per heavy atom. The predicted octanol–water partition coefficient (Wildman–Crippen LogP) is 2.63. The zero-order valence-electron chi connectivity index (χ0n) is 10.9. The minimum absolute atomic E-state index is 0.0746. The molecule has 0 atom stereocenters. The molecule has 0 radical (unpaired) electrons. The number of hydrogen-bond acceptors (Lipinski definition) is 5. The largest absolute Gasteiger partial charge is 0.472 e. The summed E-state index contributed by atoms with van der Waals surface area (Å²) in [5.74, 6) is 0.149. The molecular weight excluding hydrogens is 281 g/mol. The molecule has 1 aromatic carbocycles. The number of anilines is 2. The number of nitrogens with one attached hydrogen (secondary N) is 1. The van der Waals surface area contributed by atoms with Gasteiger partial charge in [0.2, 0.25) is 0 Å². The lowest BCUT2D eigenvalue weighted by Gasteiger charge is -2.28. The summed E-state index contributed by atoms with van der Waals surface area (Å²) in [6.07, 6.45) is 0. The van der Waals surface area contributed by atoms with Gasteiger partial charge in [-0.05, 0) is 13.0 Å². The highest BCUT2D eigenvalue weighted by molar-refractivity contribution is 7.10. The molecule has 0 saturated heterocycles. The molecule has 5 nitrogen and oxygen atoms in total. The van der Waals surface area contributed by atoms with E-state index in [9.17, 15) is 9.18 Å². The third-order valence-corrected chi connectivity index (χ3v) is 3.89. The van der Waals surface area contributed by atoms with Gasteiger partial charge < -0.3 is 10.1 Å². The van der Waals surface area contributed by atoms with Crippen LogP contribution in [0.4, 0.5) is 15.9 Å². The lowest BCUT2D eigenvalue weighted by Crippen LogP contribution is -2.39. The highest BCUT2D eigenvalue weighted by Crippen LogP contribution is 2.33. The summed E-state index contributed by atoms with van der Waals surface area (Å²) in [6, 6.07) is 2.69.